The standard InChI is InChI=1S/C22H14O3/c23-15-9-8-14-20-18(15)12-3-1-2-10-4-5-11-6-7-13(21(24)22(14)25)19(20)17(11)16(10)12/h1-9,21-25H/t21-,22-/m1/s1. The van der Waals surface area contributed by atoms with E-state index in [-0.39, 0.29) is 5.75 Å². The highest BCUT2D eigenvalue weighted by Gasteiger charge is 2.32. The molecular formula is C22H14O3. The molecule has 0 aliphatic heterocycles. The highest BCUT2D eigenvalue weighted by atomic mass is 16.3. The molecule has 3 heteroatoms. The van der Waals surface area contributed by atoms with Crippen LogP contribution in [0.4, 0.5) is 0 Å². The first-order valence-corrected chi connectivity index (χ1v) is 8.38. The van der Waals surface area contributed by atoms with Gasteiger partial charge in [-0.1, -0.05) is 48.5 Å². The molecule has 3 N–H and O–H groups in total. The lowest BCUT2D eigenvalue weighted by molar-refractivity contribution is 0.0178. The van der Waals surface area contributed by atoms with E-state index in [1.807, 2.05) is 24.3 Å². The lowest BCUT2D eigenvalue weighted by Gasteiger charge is -2.29. The Labute approximate surface area is 142 Å². The van der Waals surface area contributed by atoms with Gasteiger partial charge in [0, 0.05) is 10.8 Å². The van der Waals surface area contributed by atoms with Crippen LogP contribution in [0.1, 0.15) is 23.3 Å². The second-order valence-corrected chi connectivity index (χ2v) is 6.91. The van der Waals surface area contributed by atoms with Gasteiger partial charge in [-0.05, 0) is 49.5 Å². The maximum absolute atomic E-state index is 10.7. The largest absolute Gasteiger partial charge is 0.507 e. The monoisotopic (exact) mass is 326 g/mol. The lowest BCUT2D eigenvalue weighted by atomic mass is 9.78. The first-order valence-electron chi connectivity index (χ1n) is 8.38. The number of phenols is 1. The number of aliphatic hydroxyl groups is 2. The van der Waals surface area contributed by atoms with Crippen LogP contribution in [0.2, 0.25) is 0 Å². The Morgan fingerprint density at radius 1 is 0.560 bits per heavy atom. The van der Waals surface area contributed by atoms with Crippen molar-refractivity contribution in [3.05, 3.63) is 65.7 Å². The van der Waals surface area contributed by atoms with Crippen LogP contribution >= 0.6 is 0 Å². The van der Waals surface area contributed by atoms with Gasteiger partial charge in [0.1, 0.15) is 18.0 Å². The molecule has 0 fully saturated rings. The predicted octanol–water partition coefficient (Wildman–Crippen LogP) is 4.52. The van der Waals surface area contributed by atoms with Crippen molar-refractivity contribution < 1.29 is 15.3 Å². The summed E-state index contributed by atoms with van der Waals surface area (Å²) in [5.41, 5.74) is 1.40. The topological polar surface area (TPSA) is 60.7 Å². The van der Waals surface area contributed by atoms with Crippen molar-refractivity contribution in [3.63, 3.8) is 0 Å². The van der Waals surface area contributed by atoms with Crippen LogP contribution in [0.15, 0.2) is 54.6 Å². The summed E-state index contributed by atoms with van der Waals surface area (Å²) in [6.07, 6.45) is -1.96. The van der Waals surface area contributed by atoms with Crippen LogP contribution in [0.25, 0.3) is 43.1 Å². The molecule has 0 unspecified atom stereocenters. The second-order valence-electron chi connectivity index (χ2n) is 6.91. The Morgan fingerprint density at radius 3 is 1.92 bits per heavy atom. The van der Waals surface area contributed by atoms with E-state index < -0.39 is 12.2 Å². The predicted molar refractivity (Wildman–Crippen MR) is 99.2 cm³/mol. The summed E-state index contributed by atoms with van der Waals surface area (Å²) in [5, 5.41) is 39.9. The molecule has 0 spiro atoms. The Bertz CT molecular complexity index is 1340. The van der Waals surface area contributed by atoms with E-state index in [9.17, 15) is 15.3 Å². The van der Waals surface area contributed by atoms with Gasteiger partial charge in [0.15, 0.2) is 0 Å². The van der Waals surface area contributed by atoms with Crippen molar-refractivity contribution in [1.29, 1.82) is 0 Å². The van der Waals surface area contributed by atoms with Crippen molar-refractivity contribution in [1.82, 2.24) is 0 Å². The van der Waals surface area contributed by atoms with E-state index in [4.69, 9.17) is 0 Å². The summed E-state index contributed by atoms with van der Waals surface area (Å²) in [7, 11) is 0. The van der Waals surface area contributed by atoms with Crippen LogP contribution < -0.4 is 0 Å². The normalized spacial score (nSPS) is 19.8. The molecule has 120 valence electrons. The van der Waals surface area contributed by atoms with Gasteiger partial charge in [-0.2, -0.15) is 0 Å². The summed E-state index contributed by atoms with van der Waals surface area (Å²) in [5.74, 6) is 0.201. The third kappa shape index (κ3) is 1.41. The highest BCUT2D eigenvalue weighted by Crippen LogP contribution is 2.51. The zero-order chi connectivity index (χ0) is 16.9. The van der Waals surface area contributed by atoms with Gasteiger partial charge in [-0.3, -0.25) is 0 Å². The smallest absolute Gasteiger partial charge is 0.124 e. The van der Waals surface area contributed by atoms with E-state index in [0.29, 0.717) is 5.56 Å². The van der Waals surface area contributed by atoms with Crippen LogP contribution in [-0.2, 0) is 0 Å². The van der Waals surface area contributed by atoms with E-state index in [1.54, 1.807) is 12.1 Å². The Hall–Kier alpha value is -2.88. The quantitative estimate of drug-likeness (QED) is 0.289. The van der Waals surface area contributed by atoms with Crippen LogP contribution in [0, 0.1) is 0 Å². The number of rotatable bonds is 0. The van der Waals surface area contributed by atoms with Crippen molar-refractivity contribution in [2.75, 3.05) is 0 Å². The maximum Gasteiger partial charge on any atom is 0.124 e. The van der Waals surface area contributed by atoms with Gasteiger partial charge in [0.2, 0.25) is 0 Å². The number of aliphatic hydroxyl groups excluding tert-OH is 2. The molecule has 1 aliphatic carbocycles. The Morgan fingerprint density at radius 2 is 1.16 bits per heavy atom. The van der Waals surface area contributed by atoms with E-state index in [2.05, 4.69) is 18.2 Å². The average molecular weight is 326 g/mol. The molecule has 5 aromatic carbocycles. The molecule has 0 saturated carbocycles. The van der Waals surface area contributed by atoms with Crippen molar-refractivity contribution >= 4 is 43.1 Å². The van der Waals surface area contributed by atoms with Gasteiger partial charge in [-0.25, -0.2) is 0 Å². The van der Waals surface area contributed by atoms with E-state index in [1.165, 1.54) is 0 Å². The van der Waals surface area contributed by atoms with Crippen LogP contribution in [0.5, 0.6) is 5.75 Å². The number of hydrogen-bond acceptors (Lipinski definition) is 3. The molecule has 3 nitrogen and oxygen atoms in total. The second kappa shape index (κ2) is 4.20. The zero-order valence-electron chi connectivity index (χ0n) is 13.2. The van der Waals surface area contributed by atoms with Gasteiger partial charge >= 0.3 is 0 Å². The van der Waals surface area contributed by atoms with Crippen molar-refractivity contribution in [3.8, 4) is 5.75 Å². The minimum atomic E-state index is -0.997. The summed E-state index contributed by atoms with van der Waals surface area (Å²) in [4.78, 5) is 0. The maximum atomic E-state index is 10.7. The van der Waals surface area contributed by atoms with Crippen molar-refractivity contribution in [2.24, 2.45) is 0 Å². The number of fused-ring (bicyclic) bond motifs is 1. The summed E-state index contributed by atoms with van der Waals surface area (Å²) in [6, 6.07) is 17.5. The number of hydrogen-bond donors (Lipinski definition) is 3. The molecule has 0 aromatic heterocycles. The van der Waals surface area contributed by atoms with Crippen LogP contribution in [0.3, 0.4) is 0 Å². The van der Waals surface area contributed by atoms with Gasteiger partial charge in [0.05, 0.1) is 0 Å². The summed E-state index contributed by atoms with van der Waals surface area (Å²) < 4.78 is 0. The number of aromatic hydroxyl groups is 1. The van der Waals surface area contributed by atoms with Gasteiger partial charge in [-0.15, -0.1) is 0 Å². The highest BCUT2D eigenvalue weighted by molar-refractivity contribution is 6.36. The average Bonchev–Trinajstić information content (AvgIpc) is 2.64. The molecular weight excluding hydrogens is 312 g/mol. The fourth-order valence-corrected chi connectivity index (χ4v) is 4.67. The molecule has 2 atom stereocenters. The SMILES string of the molecule is Oc1ccc2c3c1c1cccc4ccc5ccc(c3c5c41)[C@@H](O)[C@@H]2O. The van der Waals surface area contributed by atoms with Crippen molar-refractivity contribution in [2.45, 2.75) is 12.2 Å². The summed E-state index contributed by atoms with van der Waals surface area (Å²) in [6.45, 7) is 0. The zero-order valence-corrected chi connectivity index (χ0v) is 13.2. The lowest BCUT2D eigenvalue weighted by Crippen LogP contribution is -2.15. The van der Waals surface area contributed by atoms with E-state index >= 15 is 0 Å². The fraction of sp³-hybridized carbons (Fsp3) is 0.0909. The minimum absolute atomic E-state index is 0.201. The molecule has 25 heavy (non-hydrogen) atoms. The van der Waals surface area contributed by atoms with E-state index in [0.717, 1.165) is 48.7 Å². The number of benzene rings is 5. The Balaban J connectivity index is 2.12. The fourth-order valence-electron chi connectivity index (χ4n) is 4.67. The molecule has 0 saturated heterocycles. The molecule has 0 amide bonds. The molecule has 5 aromatic rings. The summed E-state index contributed by atoms with van der Waals surface area (Å²) >= 11 is 0. The molecule has 0 radical (unpaired) electrons. The first kappa shape index (κ1) is 13.4. The third-order valence-electron chi connectivity index (χ3n) is 5.73. The molecule has 0 heterocycles. The number of phenolic OH excluding ortho intramolecular Hbond substituents is 1. The Kier molecular flexibility index (Phi) is 2.25. The minimum Gasteiger partial charge on any atom is -0.507 e. The third-order valence-corrected chi connectivity index (χ3v) is 5.73. The molecule has 0 bridgehead atoms. The first-order chi connectivity index (χ1) is 12.2. The molecule has 1 aliphatic rings. The molecule has 6 rings (SSSR count). The van der Waals surface area contributed by atoms with Gasteiger partial charge < -0.3 is 15.3 Å². The van der Waals surface area contributed by atoms with Crippen LogP contribution in [-0.4, -0.2) is 15.3 Å². The van der Waals surface area contributed by atoms with Gasteiger partial charge in [0.25, 0.3) is 0 Å².